The molecule has 104 valence electrons. The van der Waals surface area contributed by atoms with E-state index in [0.29, 0.717) is 0 Å². The minimum absolute atomic E-state index is 0.442. The molecule has 0 aromatic rings. The zero-order valence-electron chi connectivity index (χ0n) is 12.4. The second-order valence-electron chi connectivity index (χ2n) is 5.90. The second kappa shape index (κ2) is 4.89. The average Bonchev–Trinajstić information content (AvgIpc) is 2.08. The first kappa shape index (κ1) is 14.5. The lowest BCUT2D eigenvalue weighted by Crippen LogP contribution is -2.48. The molecule has 0 N–H and O–H groups in total. The van der Waals surface area contributed by atoms with Gasteiger partial charge in [-0.3, -0.25) is 0 Å². The summed E-state index contributed by atoms with van der Waals surface area (Å²) in [5, 5.41) is 0. The average molecular weight is 266 g/mol. The predicted octanol–water partition coefficient (Wildman–Crippen LogP) is 2.43. The Balaban J connectivity index is 2.00. The molecule has 2 aliphatic rings. The third-order valence-electron chi connectivity index (χ3n) is 2.69. The van der Waals surface area contributed by atoms with Crippen LogP contribution in [0, 0.1) is 0 Å². The Bertz CT molecular complexity index is 378. The van der Waals surface area contributed by atoms with E-state index in [9.17, 15) is 0 Å². The summed E-state index contributed by atoms with van der Waals surface area (Å²) in [5.41, 5.74) is -0.885. The van der Waals surface area contributed by atoms with Gasteiger partial charge in [-0.25, -0.2) is 0 Å². The van der Waals surface area contributed by atoms with Crippen molar-refractivity contribution >= 4 is 14.6 Å². The van der Waals surface area contributed by atoms with Crippen LogP contribution in [0.25, 0.3) is 0 Å². The van der Waals surface area contributed by atoms with Gasteiger partial charge in [0.15, 0.2) is 0 Å². The fraction of sp³-hybridized carbons (Fsp3) is 0.667. The van der Waals surface area contributed by atoms with E-state index < -0.39 is 25.8 Å². The third kappa shape index (κ3) is 4.03. The van der Waals surface area contributed by atoms with Crippen LogP contribution >= 0.6 is 0 Å². The fourth-order valence-electron chi connectivity index (χ4n) is 2.16. The molecule has 0 spiro atoms. The van der Waals surface area contributed by atoms with Crippen molar-refractivity contribution in [3.63, 3.8) is 0 Å². The molecule has 0 radical (unpaired) electrons. The zero-order chi connectivity index (χ0) is 14.3. The van der Waals surface area contributed by atoms with Crippen molar-refractivity contribution in [2.24, 2.45) is 0 Å². The number of rotatable bonds is 2. The van der Waals surface area contributed by atoms with Gasteiger partial charge in [0, 0.05) is 0 Å². The quantitative estimate of drug-likeness (QED) is 0.718. The summed E-state index contributed by atoms with van der Waals surface area (Å²) in [6, 6.07) is 0. The highest BCUT2D eigenvalue weighted by molar-refractivity contribution is 6.52. The Hall–Kier alpha value is -0.910. The van der Waals surface area contributed by atoms with E-state index in [2.05, 4.69) is 0 Å². The first-order chi connectivity index (χ1) is 8.65. The van der Waals surface area contributed by atoms with Crippen LogP contribution in [0.3, 0.4) is 0 Å². The monoisotopic (exact) mass is 266 g/mol. The van der Waals surface area contributed by atoms with E-state index in [1.54, 1.807) is 0 Å². The van der Waals surface area contributed by atoms with Crippen molar-refractivity contribution in [1.82, 2.24) is 0 Å². The van der Waals surface area contributed by atoms with E-state index in [1.165, 1.54) is 0 Å². The molecular weight excluding hydrogens is 246 g/mol. The Labute approximate surface area is 115 Å². The molecule has 2 aliphatic heterocycles. The van der Waals surface area contributed by atoms with Gasteiger partial charge in [0.2, 0.25) is 0 Å². The lowest BCUT2D eigenvalue weighted by atomic mass is 9.97. The minimum atomic E-state index is -0.841. The van der Waals surface area contributed by atoms with Gasteiger partial charge in [0.1, 0.15) is 0 Å². The Kier molecular flexibility index (Phi) is 3.73. The molecule has 0 saturated carbocycles. The molecule has 0 saturated heterocycles. The first-order valence-corrected chi connectivity index (χ1v) is 6.39. The molecule has 0 atom stereocenters. The molecule has 0 amide bonds. The van der Waals surface area contributed by atoms with Gasteiger partial charge in [0.05, 0.1) is 22.7 Å². The molecule has 2 heterocycles. The van der Waals surface area contributed by atoms with E-state index in [4.69, 9.17) is 23.2 Å². The lowest BCUT2D eigenvalue weighted by Gasteiger charge is -2.35. The zero-order valence-corrected chi connectivity index (χ0v) is 12.4. The van der Waals surface area contributed by atoms with Gasteiger partial charge < -0.3 is 23.2 Å². The number of hydrogen-bond acceptors (Lipinski definition) is 5. The van der Waals surface area contributed by atoms with Crippen molar-refractivity contribution < 1.29 is 23.2 Å². The highest BCUT2D eigenvalue weighted by Crippen LogP contribution is 2.27. The molecule has 7 heteroatoms. The van der Waals surface area contributed by atoms with Gasteiger partial charge in [-0.2, -0.15) is 0 Å². The van der Waals surface area contributed by atoms with Crippen LogP contribution in [0.4, 0.5) is 0 Å². The van der Waals surface area contributed by atoms with Crippen molar-refractivity contribution in [1.29, 1.82) is 0 Å². The molecule has 0 aliphatic carbocycles. The molecule has 0 aromatic carbocycles. The van der Waals surface area contributed by atoms with Gasteiger partial charge in [-0.1, -0.05) is 0 Å². The van der Waals surface area contributed by atoms with E-state index in [1.807, 2.05) is 53.7 Å². The van der Waals surface area contributed by atoms with E-state index >= 15 is 0 Å². The molecule has 5 nitrogen and oxygen atoms in total. The van der Waals surface area contributed by atoms with Crippen LogP contribution in [0.5, 0.6) is 0 Å². The second-order valence-corrected chi connectivity index (χ2v) is 5.90. The summed E-state index contributed by atoms with van der Waals surface area (Å²) in [6.07, 6.45) is 3.79. The number of hydrogen-bond donors (Lipinski definition) is 0. The summed E-state index contributed by atoms with van der Waals surface area (Å²) < 4.78 is 27.8. The van der Waals surface area contributed by atoms with Crippen LogP contribution in [-0.4, -0.2) is 25.8 Å². The van der Waals surface area contributed by atoms with Crippen molar-refractivity contribution in [2.45, 2.75) is 52.7 Å². The number of allylic oxidation sites excluding steroid dienone is 2. The van der Waals surface area contributed by atoms with E-state index in [0.717, 1.165) is 11.5 Å². The molecule has 0 unspecified atom stereocenters. The third-order valence-corrected chi connectivity index (χ3v) is 2.69. The summed E-state index contributed by atoms with van der Waals surface area (Å²) in [7, 11) is -1.68. The Morgan fingerprint density at radius 3 is 1.53 bits per heavy atom. The standard InChI is InChI=1S/C12H20B2O5/c1-9-7-11(3,4)17-13(15-9)19-14-16-10(2)8-12(5,6)18-14/h7-8H,1-6H3. The molecule has 0 aromatic heterocycles. The smallest absolute Gasteiger partial charge is 0.517 e. The van der Waals surface area contributed by atoms with Crippen molar-refractivity contribution in [3.05, 3.63) is 23.7 Å². The van der Waals surface area contributed by atoms with Crippen LogP contribution in [0.2, 0.25) is 0 Å². The maximum Gasteiger partial charge on any atom is 0.702 e. The summed E-state index contributed by atoms with van der Waals surface area (Å²) in [5.74, 6) is 1.51. The van der Waals surface area contributed by atoms with Crippen LogP contribution in [0.1, 0.15) is 41.5 Å². The Morgan fingerprint density at radius 2 is 1.21 bits per heavy atom. The predicted molar refractivity (Wildman–Crippen MR) is 72.6 cm³/mol. The maximum atomic E-state index is 5.65. The normalized spacial score (nSPS) is 25.2. The highest BCUT2D eigenvalue weighted by atomic mass is 16.8. The van der Waals surface area contributed by atoms with Gasteiger partial charge in [-0.05, 0) is 53.7 Å². The van der Waals surface area contributed by atoms with Crippen LogP contribution in [0.15, 0.2) is 23.7 Å². The topological polar surface area (TPSA) is 46.2 Å². The van der Waals surface area contributed by atoms with Crippen LogP contribution < -0.4 is 0 Å². The summed E-state index contributed by atoms with van der Waals surface area (Å²) in [4.78, 5) is 0. The molecule has 2 rings (SSSR count). The maximum absolute atomic E-state index is 5.65. The Morgan fingerprint density at radius 1 is 0.842 bits per heavy atom. The first-order valence-electron chi connectivity index (χ1n) is 6.39. The van der Waals surface area contributed by atoms with Gasteiger partial charge >= 0.3 is 14.6 Å². The molecule has 19 heavy (non-hydrogen) atoms. The summed E-state index contributed by atoms with van der Waals surface area (Å²) in [6.45, 7) is 11.5. The molecule has 0 bridgehead atoms. The lowest BCUT2D eigenvalue weighted by molar-refractivity contribution is 0.0173. The van der Waals surface area contributed by atoms with Gasteiger partial charge in [-0.15, -0.1) is 0 Å². The largest absolute Gasteiger partial charge is 0.702 e. The SMILES string of the molecule is CC1=CC(C)(C)OB(OB2OC(C)=CC(C)(C)O2)O1. The van der Waals surface area contributed by atoms with Crippen LogP contribution in [-0.2, 0) is 23.2 Å². The fourth-order valence-corrected chi connectivity index (χ4v) is 2.16. The van der Waals surface area contributed by atoms with Gasteiger partial charge in [0.25, 0.3) is 0 Å². The molecule has 0 fully saturated rings. The van der Waals surface area contributed by atoms with Crippen molar-refractivity contribution in [2.75, 3.05) is 0 Å². The minimum Gasteiger partial charge on any atom is -0.517 e. The highest BCUT2D eigenvalue weighted by Gasteiger charge is 2.45. The van der Waals surface area contributed by atoms with Crippen molar-refractivity contribution in [3.8, 4) is 0 Å². The summed E-state index contributed by atoms with van der Waals surface area (Å²) >= 11 is 0. The molecular formula is C12H20B2O5. The van der Waals surface area contributed by atoms with E-state index in [-0.39, 0.29) is 0 Å².